The Kier molecular flexibility index (Phi) is 4.22. The van der Waals surface area contributed by atoms with Gasteiger partial charge in [0.2, 0.25) is 0 Å². The minimum Gasteiger partial charge on any atom is -0.331 e. The van der Waals surface area contributed by atoms with Crippen molar-refractivity contribution in [1.29, 1.82) is 0 Å². The maximum Gasteiger partial charge on any atom is 0.315 e. The maximum atomic E-state index is 12.0. The lowest BCUT2D eigenvalue weighted by Gasteiger charge is -2.15. The summed E-state index contributed by atoms with van der Waals surface area (Å²) < 4.78 is 1.62. The van der Waals surface area contributed by atoms with Crippen LogP contribution in [0.15, 0.2) is 18.5 Å². The summed E-state index contributed by atoms with van der Waals surface area (Å²) in [6, 6.07) is 3.39. The third kappa shape index (κ3) is 2.89. The van der Waals surface area contributed by atoms with Gasteiger partial charge in [0.25, 0.3) is 0 Å². The molecule has 1 aromatic heterocycles. The molecule has 0 aliphatic heterocycles. The number of fused-ring (bicyclic) bond motifs is 1. The summed E-state index contributed by atoms with van der Waals surface area (Å²) in [6.07, 6.45) is 3.07. The van der Waals surface area contributed by atoms with Gasteiger partial charge in [0.1, 0.15) is 12.2 Å². The molecular formula is C14H15Cl2N5O. The molecule has 3 rings (SSSR count). The number of carbonyl (C=O) groups excluding carboxylic acids is 1. The number of amides is 2. The summed E-state index contributed by atoms with van der Waals surface area (Å²) in [4.78, 5) is 16.1. The topological polar surface area (TPSA) is 71.8 Å². The predicted molar refractivity (Wildman–Crippen MR) is 83.9 cm³/mol. The molecule has 8 heteroatoms. The van der Waals surface area contributed by atoms with Gasteiger partial charge < -0.3 is 10.6 Å². The van der Waals surface area contributed by atoms with E-state index in [1.807, 2.05) is 6.07 Å². The third-order valence-electron chi connectivity index (χ3n) is 3.81. The fourth-order valence-corrected chi connectivity index (χ4v) is 3.07. The first kappa shape index (κ1) is 15.1. The Morgan fingerprint density at radius 1 is 1.45 bits per heavy atom. The summed E-state index contributed by atoms with van der Waals surface area (Å²) in [5.74, 6) is 0.691. The summed E-state index contributed by atoms with van der Waals surface area (Å²) in [5, 5.41) is 10.8. The molecule has 1 heterocycles. The minimum atomic E-state index is -0.244. The zero-order chi connectivity index (χ0) is 15.7. The van der Waals surface area contributed by atoms with Crippen LogP contribution >= 0.6 is 23.2 Å². The number of nitrogens with one attached hydrogen (secondary N) is 2. The number of hydrogen-bond acceptors (Lipinski definition) is 3. The fourth-order valence-electron chi connectivity index (χ4n) is 2.63. The molecule has 2 N–H and O–H groups in total. The van der Waals surface area contributed by atoms with Crippen molar-refractivity contribution in [2.45, 2.75) is 25.4 Å². The van der Waals surface area contributed by atoms with Crippen molar-refractivity contribution in [3.05, 3.63) is 45.5 Å². The van der Waals surface area contributed by atoms with Crippen molar-refractivity contribution in [1.82, 2.24) is 25.4 Å². The second-order valence-electron chi connectivity index (χ2n) is 5.15. The van der Waals surface area contributed by atoms with Crippen molar-refractivity contribution in [3.8, 4) is 0 Å². The van der Waals surface area contributed by atoms with Gasteiger partial charge in [0, 0.05) is 7.05 Å². The van der Waals surface area contributed by atoms with E-state index in [4.69, 9.17) is 23.2 Å². The predicted octanol–water partition coefficient (Wildman–Crippen LogP) is 2.61. The Labute approximate surface area is 137 Å². The molecule has 1 aromatic carbocycles. The van der Waals surface area contributed by atoms with E-state index in [0.717, 1.165) is 24.0 Å². The van der Waals surface area contributed by atoms with Crippen LogP contribution in [0, 0.1) is 0 Å². The van der Waals surface area contributed by atoms with Gasteiger partial charge in [-0.3, -0.25) is 4.68 Å². The Morgan fingerprint density at radius 3 is 3.00 bits per heavy atom. The van der Waals surface area contributed by atoms with E-state index in [9.17, 15) is 4.79 Å². The number of carbonyl (C=O) groups is 1. The zero-order valence-electron chi connectivity index (χ0n) is 11.9. The van der Waals surface area contributed by atoms with Gasteiger partial charge in [-0.25, -0.2) is 9.78 Å². The Balaban J connectivity index is 1.62. The first-order valence-electron chi connectivity index (χ1n) is 6.90. The van der Waals surface area contributed by atoms with Crippen LogP contribution < -0.4 is 10.6 Å². The largest absolute Gasteiger partial charge is 0.331 e. The highest BCUT2D eigenvalue weighted by atomic mass is 35.5. The molecule has 1 aliphatic rings. The lowest BCUT2D eigenvalue weighted by molar-refractivity contribution is 0.236. The molecule has 0 radical (unpaired) electrons. The highest BCUT2D eigenvalue weighted by molar-refractivity contribution is 6.42. The smallest absolute Gasteiger partial charge is 0.315 e. The molecule has 0 saturated carbocycles. The molecule has 6 nitrogen and oxygen atoms in total. The van der Waals surface area contributed by atoms with Crippen LogP contribution in [-0.4, -0.2) is 20.8 Å². The number of nitrogens with zero attached hydrogens (tertiary/aromatic N) is 3. The van der Waals surface area contributed by atoms with Gasteiger partial charge in [-0.15, -0.1) is 0 Å². The first-order valence-corrected chi connectivity index (χ1v) is 7.66. The molecule has 0 fully saturated rings. The van der Waals surface area contributed by atoms with Crippen LogP contribution in [0.5, 0.6) is 0 Å². The molecule has 1 aliphatic carbocycles. The highest BCUT2D eigenvalue weighted by Gasteiger charge is 2.26. The molecule has 2 amide bonds. The number of rotatable bonds is 3. The molecule has 22 heavy (non-hydrogen) atoms. The molecule has 116 valence electrons. The van der Waals surface area contributed by atoms with Gasteiger partial charge in [-0.05, 0) is 30.0 Å². The van der Waals surface area contributed by atoms with Gasteiger partial charge in [0.05, 0.1) is 22.6 Å². The lowest BCUT2D eigenvalue weighted by atomic mass is 10.1. The summed E-state index contributed by atoms with van der Waals surface area (Å²) in [5.41, 5.74) is 2.05. The van der Waals surface area contributed by atoms with E-state index in [2.05, 4.69) is 20.7 Å². The maximum absolute atomic E-state index is 12.0. The van der Waals surface area contributed by atoms with Crippen molar-refractivity contribution >= 4 is 29.2 Å². The Bertz CT molecular complexity index is 715. The molecule has 0 saturated heterocycles. The van der Waals surface area contributed by atoms with Gasteiger partial charge >= 0.3 is 6.03 Å². The average molecular weight is 340 g/mol. The molecule has 0 spiro atoms. The van der Waals surface area contributed by atoms with Crippen LogP contribution in [0.1, 0.15) is 29.4 Å². The summed E-state index contributed by atoms with van der Waals surface area (Å²) in [6.45, 7) is 0.323. The van der Waals surface area contributed by atoms with Crippen LogP contribution in [0.3, 0.4) is 0 Å². The molecular weight excluding hydrogens is 325 g/mol. The molecule has 0 unspecified atom stereocenters. The van der Waals surface area contributed by atoms with E-state index in [-0.39, 0.29) is 12.1 Å². The normalized spacial score (nSPS) is 16.4. The van der Waals surface area contributed by atoms with E-state index >= 15 is 0 Å². The Morgan fingerprint density at radius 2 is 2.27 bits per heavy atom. The first-order chi connectivity index (χ1) is 10.6. The van der Waals surface area contributed by atoms with Gasteiger partial charge in [-0.2, -0.15) is 5.10 Å². The zero-order valence-corrected chi connectivity index (χ0v) is 13.4. The number of aromatic nitrogens is 3. The number of halogens is 2. The number of aryl methyl sites for hydroxylation is 1. The van der Waals surface area contributed by atoms with Gasteiger partial charge in [0.15, 0.2) is 0 Å². The van der Waals surface area contributed by atoms with Crippen molar-refractivity contribution < 1.29 is 4.79 Å². The summed E-state index contributed by atoms with van der Waals surface area (Å²) in [7, 11) is 1.78. The standard InChI is InChI=1S/C14H15Cl2N5O/c1-21-12(18-7-19-21)6-17-14(22)20-11-5-3-9-8(11)2-4-10(15)13(9)16/h2,4,7,11H,3,5-6H2,1H3,(H2,17,20,22)/t11-/m0/s1. The SMILES string of the molecule is Cn1ncnc1CNC(=O)N[C@H]1CCc2c1ccc(Cl)c2Cl. The number of hydrogen-bond donors (Lipinski definition) is 2. The Hall–Kier alpha value is -1.79. The minimum absolute atomic E-state index is 0.0516. The van der Waals surface area contributed by atoms with Crippen LogP contribution in [-0.2, 0) is 20.0 Å². The van der Waals surface area contributed by atoms with Crippen molar-refractivity contribution in [2.75, 3.05) is 0 Å². The highest BCUT2D eigenvalue weighted by Crippen LogP contribution is 2.38. The average Bonchev–Trinajstić information content (AvgIpc) is 3.08. The fraction of sp³-hybridized carbons (Fsp3) is 0.357. The lowest BCUT2D eigenvalue weighted by Crippen LogP contribution is -2.37. The van der Waals surface area contributed by atoms with E-state index < -0.39 is 0 Å². The summed E-state index contributed by atoms with van der Waals surface area (Å²) >= 11 is 12.2. The number of benzene rings is 1. The van der Waals surface area contributed by atoms with Crippen LogP contribution in [0.4, 0.5) is 4.79 Å². The van der Waals surface area contributed by atoms with Crippen LogP contribution in [0.2, 0.25) is 10.0 Å². The van der Waals surface area contributed by atoms with Crippen molar-refractivity contribution in [2.24, 2.45) is 7.05 Å². The quantitative estimate of drug-likeness (QED) is 0.902. The molecule has 0 bridgehead atoms. The second-order valence-corrected chi connectivity index (χ2v) is 5.93. The van der Waals surface area contributed by atoms with Crippen LogP contribution in [0.25, 0.3) is 0 Å². The molecule has 2 aromatic rings. The monoisotopic (exact) mass is 339 g/mol. The molecule has 1 atom stereocenters. The van der Waals surface area contributed by atoms with E-state index in [1.165, 1.54) is 6.33 Å². The third-order valence-corrected chi connectivity index (χ3v) is 4.65. The van der Waals surface area contributed by atoms with E-state index in [1.54, 1.807) is 17.8 Å². The van der Waals surface area contributed by atoms with Crippen molar-refractivity contribution in [3.63, 3.8) is 0 Å². The number of urea groups is 1. The van der Waals surface area contributed by atoms with E-state index in [0.29, 0.717) is 22.4 Å². The van der Waals surface area contributed by atoms with Gasteiger partial charge in [-0.1, -0.05) is 29.3 Å². The second kappa shape index (κ2) is 6.14.